The summed E-state index contributed by atoms with van der Waals surface area (Å²) in [5, 5.41) is 0. The summed E-state index contributed by atoms with van der Waals surface area (Å²) >= 11 is 5.60. The van der Waals surface area contributed by atoms with E-state index in [0.717, 1.165) is 11.8 Å². The van der Waals surface area contributed by atoms with Gasteiger partial charge in [0.05, 0.1) is 0 Å². The maximum Gasteiger partial charge on any atom is 0.150 e. The number of benzene rings is 1. The van der Waals surface area contributed by atoms with Gasteiger partial charge in [0.25, 0.3) is 0 Å². The zero-order chi connectivity index (χ0) is 8.97. The topological polar surface area (TPSA) is 55.1 Å². The Morgan fingerprint density at radius 3 is 2.75 bits per heavy atom. The van der Waals surface area contributed by atoms with Crippen molar-refractivity contribution in [3.05, 3.63) is 29.3 Å². The minimum absolute atomic E-state index is 0.371. The maximum absolute atomic E-state index is 10.4. The molecular formula is C8H9ClN2O. The molecule has 0 radical (unpaired) electrons. The summed E-state index contributed by atoms with van der Waals surface area (Å²) in [6.45, 7) is 0. The van der Waals surface area contributed by atoms with E-state index in [0.29, 0.717) is 17.1 Å². The number of hydrogen-bond acceptors (Lipinski definition) is 3. The van der Waals surface area contributed by atoms with Crippen molar-refractivity contribution in [3.63, 3.8) is 0 Å². The van der Waals surface area contributed by atoms with Crippen molar-refractivity contribution in [2.75, 3.05) is 5.43 Å². The first-order chi connectivity index (χ1) is 5.80. The minimum atomic E-state index is 0.371. The number of hydrogen-bond donors (Lipinski definition) is 2. The molecule has 0 saturated carbocycles. The summed E-state index contributed by atoms with van der Waals surface area (Å²) in [6.07, 6.45) is 0.761. The Bertz CT molecular complexity index is 266. The van der Waals surface area contributed by atoms with Crippen LogP contribution in [0.1, 0.15) is 15.9 Å². The number of carbonyl (C=O) groups excluding carboxylic acids is 1. The first-order valence-electron chi connectivity index (χ1n) is 3.42. The van der Waals surface area contributed by atoms with E-state index in [1.165, 1.54) is 0 Å². The highest BCUT2D eigenvalue weighted by molar-refractivity contribution is 6.17. The molecule has 0 bridgehead atoms. The Morgan fingerprint density at radius 1 is 1.50 bits per heavy atom. The summed E-state index contributed by atoms with van der Waals surface area (Å²) in [7, 11) is 0. The SMILES string of the molecule is NNc1cc(C=O)cc(CCl)c1. The Balaban J connectivity index is 3.09. The van der Waals surface area contributed by atoms with Gasteiger partial charge in [0, 0.05) is 17.1 Å². The number of halogens is 1. The van der Waals surface area contributed by atoms with Crippen LogP contribution < -0.4 is 11.3 Å². The standard InChI is InChI=1S/C8H9ClN2O/c9-4-6-1-7(5-12)3-8(2-6)11-10/h1-3,5,11H,4,10H2. The number of rotatable bonds is 3. The Hall–Kier alpha value is -1.06. The zero-order valence-electron chi connectivity index (χ0n) is 6.38. The Morgan fingerprint density at radius 2 is 2.25 bits per heavy atom. The fraction of sp³-hybridized carbons (Fsp3) is 0.125. The molecule has 0 unspecified atom stereocenters. The number of hydrazine groups is 1. The number of carbonyl (C=O) groups is 1. The maximum atomic E-state index is 10.4. The molecule has 0 atom stereocenters. The lowest BCUT2D eigenvalue weighted by Crippen LogP contribution is -2.07. The van der Waals surface area contributed by atoms with Gasteiger partial charge in [0.2, 0.25) is 0 Å². The van der Waals surface area contributed by atoms with Crippen LogP contribution >= 0.6 is 11.6 Å². The smallest absolute Gasteiger partial charge is 0.150 e. The van der Waals surface area contributed by atoms with Crippen molar-refractivity contribution in [2.24, 2.45) is 5.84 Å². The van der Waals surface area contributed by atoms with Crippen LogP contribution in [0.3, 0.4) is 0 Å². The summed E-state index contributed by atoms with van der Waals surface area (Å²) in [6, 6.07) is 5.17. The second-order valence-electron chi connectivity index (χ2n) is 2.36. The van der Waals surface area contributed by atoms with Crippen molar-refractivity contribution >= 4 is 23.6 Å². The van der Waals surface area contributed by atoms with Gasteiger partial charge in [-0.05, 0) is 23.8 Å². The molecule has 0 aliphatic rings. The van der Waals surface area contributed by atoms with Crippen LogP contribution in [0.15, 0.2) is 18.2 Å². The fourth-order valence-electron chi connectivity index (χ4n) is 0.947. The van der Waals surface area contributed by atoms with Crippen molar-refractivity contribution in [1.82, 2.24) is 0 Å². The van der Waals surface area contributed by atoms with Gasteiger partial charge in [-0.25, -0.2) is 0 Å². The normalized spacial score (nSPS) is 9.50. The zero-order valence-corrected chi connectivity index (χ0v) is 7.14. The van der Waals surface area contributed by atoms with Gasteiger partial charge in [0.15, 0.2) is 0 Å². The van der Waals surface area contributed by atoms with E-state index in [2.05, 4.69) is 5.43 Å². The Kier molecular flexibility index (Phi) is 3.08. The van der Waals surface area contributed by atoms with Crippen LogP contribution in [0.4, 0.5) is 5.69 Å². The van der Waals surface area contributed by atoms with Crippen LogP contribution in [0.25, 0.3) is 0 Å². The lowest BCUT2D eigenvalue weighted by Gasteiger charge is -2.03. The highest BCUT2D eigenvalue weighted by atomic mass is 35.5. The number of anilines is 1. The third-order valence-electron chi connectivity index (χ3n) is 1.47. The van der Waals surface area contributed by atoms with Crippen LogP contribution in [0, 0.1) is 0 Å². The monoisotopic (exact) mass is 184 g/mol. The molecule has 0 spiro atoms. The van der Waals surface area contributed by atoms with Crippen molar-refractivity contribution in [1.29, 1.82) is 0 Å². The molecule has 1 rings (SSSR count). The van der Waals surface area contributed by atoms with E-state index in [-0.39, 0.29) is 0 Å². The second kappa shape index (κ2) is 4.09. The van der Waals surface area contributed by atoms with E-state index in [4.69, 9.17) is 17.4 Å². The van der Waals surface area contributed by atoms with E-state index >= 15 is 0 Å². The van der Waals surface area contributed by atoms with E-state index in [1.807, 2.05) is 0 Å². The van der Waals surface area contributed by atoms with Gasteiger partial charge in [-0.2, -0.15) is 0 Å². The van der Waals surface area contributed by atoms with Crippen LogP contribution in [0.5, 0.6) is 0 Å². The molecule has 4 heteroatoms. The predicted molar refractivity (Wildman–Crippen MR) is 49.2 cm³/mol. The van der Waals surface area contributed by atoms with E-state index < -0.39 is 0 Å². The predicted octanol–water partition coefficient (Wildman–Crippen LogP) is 1.52. The summed E-state index contributed by atoms with van der Waals surface area (Å²) in [4.78, 5) is 10.4. The van der Waals surface area contributed by atoms with E-state index in [1.54, 1.807) is 18.2 Å². The molecule has 1 aromatic rings. The van der Waals surface area contributed by atoms with Crippen LogP contribution in [-0.2, 0) is 5.88 Å². The van der Waals surface area contributed by atoms with Crippen molar-refractivity contribution in [3.8, 4) is 0 Å². The second-order valence-corrected chi connectivity index (χ2v) is 2.63. The quantitative estimate of drug-likeness (QED) is 0.324. The fourth-order valence-corrected chi connectivity index (χ4v) is 1.10. The van der Waals surface area contributed by atoms with Gasteiger partial charge in [-0.15, -0.1) is 11.6 Å². The van der Waals surface area contributed by atoms with Gasteiger partial charge in [0.1, 0.15) is 6.29 Å². The molecule has 3 nitrogen and oxygen atoms in total. The Labute approximate surface area is 75.5 Å². The first kappa shape index (κ1) is 9.03. The molecule has 0 aliphatic heterocycles. The third kappa shape index (κ3) is 1.96. The molecule has 0 amide bonds. The molecular weight excluding hydrogens is 176 g/mol. The molecule has 12 heavy (non-hydrogen) atoms. The van der Waals surface area contributed by atoms with Crippen molar-refractivity contribution in [2.45, 2.75) is 5.88 Å². The molecule has 64 valence electrons. The molecule has 0 saturated heterocycles. The number of nitrogens with one attached hydrogen (secondary N) is 1. The van der Waals surface area contributed by atoms with Gasteiger partial charge in [-0.3, -0.25) is 10.6 Å². The largest absolute Gasteiger partial charge is 0.324 e. The molecule has 0 aromatic heterocycles. The number of nitrogen functional groups attached to an aromatic ring is 1. The third-order valence-corrected chi connectivity index (χ3v) is 1.78. The lowest BCUT2D eigenvalue weighted by atomic mass is 10.1. The molecule has 0 fully saturated rings. The van der Waals surface area contributed by atoms with Gasteiger partial charge < -0.3 is 5.43 Å². The average molecular weight is 185 g/mol. The van der Waals surface area contributed by atoms with Gasteiger partial charge in [-0.1, -0.05) is 0 Å². The summed E-state index contributed by atoms with van der Waals surface area (Å²) in [5.74, 6) is 5.56. The highest BCUT2D eigenvalue weighted by Crippen LogP contribution is 2.14. The van der Waals surface area contributed by atoms with Crippen LogP contribution in [0.2, 0.25) is 0 Å². The van der Waals surface area contributed by atoms with Gasteiger partial charge >= 0.3 is 0 Å². The number of aldehydes is 1. The summed E-state index contributed by atoms with van der Waals surface area (Å²) in [5.41, 5.74) is 4.59. The first-order valence-corrected chi connectivity index (χ1v) is 3.95. The summed E-state index contributed by atoms with van der Waals surface area (Å²) < 4.78 is 0. The number of nitrogens with two attached hydrogens (primary N) is 1. The molecule has 1 aromatic carbocycles. The number of alkyl halides is 1. The molecule has 0 heterocycles. The van der Waals surface area contributed by atoms with E-state index in [9.17, 15) is 4.79 Å². The molecule has 0 aliphatic carbocycles. The average Bonchev–Trinajstić information content (AvgIpc) is 2.16. The minimum Gasteiger partial charge on any atom is -0.324 e. The molecule has 3 N–H and O–H groups in total. The van der Waals surface area contributed by atoms with Crippen LogP contribution in [-0.4, -0.2) is 6.29 Å². The highest BCUT2D eigenvalue weighted by Gasteiger charge is 1.97. The lowest BCUT2D eigenvalue weighted by molar-refractivity contribution is 0.112. The van der Waals surface area contributed by atoms with Crippen molar-refractivity contribution < 1.29 is 4.79 Å².